The lowest BCUT2D eigenvalue weighted by atomic mass is 9.90. The fourth-order valence-electron chi connectivity index (χ4n) is 6.02. The minimum atomic E-state index is 0.548. The number of hydrogen-bond donors (Lipinski definition) is 0. The first-order chi connectivity index (χ1) is 23.9. The topological polar surface area (TPSA) is 43.6 Å². The van der Waals surface area contributed by atoms with Gasteiger partial charge in [0.15, 0.2) is 17.5 Å². The van der Waals surface area contributed by atoms with Gasteiger partial charge in [-0.1, -0.05) is 106 Å². The molecule has 2 aromatic heterocycles. The van der Waals surface area contributed by atoms with Crippen molar-refractivity contribution in [3.8, 4) is 33.9 Å². The molecule has 49 heavy (non-hydrogen) atoms. The summed E-state index contributed by atoms with van der Waals surface area (Å²) in [6, 6.07) is 27.5. The van der Waals surface area contributed by atoms with Crippen molar-refractivity contribution in [2.24, 2.45) is 0 Å². The molecule has 0 saturated carbocycles. The Hall–Kier alpha value is -5.87. The summed E-state index contributed by atoms with van der Waals surface area (Å²) in [5.41, 5.74) is 11.7. The number of aryl methyl sites for hydroxylation is 2. The molecule has 4 heteroatoms. The highest BCUT2D eigenvalue weighted by Crippen LogP contribution is 2.38. The molecule has 246 valence electrons. The van der Waals surface area contributed by atoms with Gasteiger partial charge in [-0.15, -0.1) is 13.2 Å². The van der Waals surface area contributed by atoms with Crippen LogP contribution in [0.1, 0.15) is 43.3 Å². The van der Waals surface area contributed by atoms with Gasteiger partial charge in [0.2, 0.25) is 0 Å². The molecule has 2 heterocycles. The molecule has 0 atom stereocenters. The number of para-hydroxylation sites is 1. The van der Waals surface area contributed by atoms with Crippen LogP contribution in [0.4, 0.5) is 0 Å². The molecule has 6 aromatic rings. The molecular weight excluding hydrogens is 597 g/mol. The van der Waals surface area contributed by atoms with Gasteiger partial charge in [0.1, 0.15) is 0 Å². The Morgan fingerprint density at radius 1 is 0.714 bits per heavy atom. The molecule has 0 radical (unpaired) electrons. The zero-order valence-electron chi connectivity index (χ0n) is 29.7. The highest BCUT2D eigenvalue weighted by atomic mass is 15.0. The quantitative estimate of drug-likeness (QED) is 0.123. The van der Waals surface area contributed by atoms with Gasteiger partial charge in [-0.05, 0) is 91.9 Å². The average molecular weight is 643 g/mol. The monoisotopic (exact) mass is 642 g/mol. The van der Waals surface area contributed by atoms with E-state index in [9.17, 15) is 0 Å². The maximum Gasteiger partial charge on any atom is 0.164 e. The van der Waals surface area contributed by atoms with Crippen molar-refractivity contribution in [1.82, 2.24) is 19.5 Å². The third kappa shape index (κ3) is 7.05. The van der Waals surface area contributed by atoms with E-state index < -0.39 is 0 Å². The molecule has 6 rings (SSSR count). The molecule has 0 unspecified atom stereocenters. The first kappa shape index (κ1) is 36.0. The van der Waals surface area contributed by atoms with Crippen molar-refractivity contribution >= 4 is 33.1 Å². The second-order valence-corrected chi connectivity index (χ2v) is 11.2. The Balaban J connectivity index is 0.00000130. The second kappa shape index (κ2) is 16.3. The van der Waals surface area contributed by atoms with Crippen LogP contribution in [0.5, 0.6) is 0 Å². The lowest BCUT2D eigenvalue weighted by molar-refractivity contribution is 1.04. The first-order valence-electron chi connectivity index (χ1n) is 16.6. The lowest BCUT2D eigenvalue weighted by Gasteiger charge is -2.17. The standard InChI is InChI=1S/C41H36N4.C2H6.C2H4/c1-8-15-28(6)39-42-40(44-41(43-39)34-21-14-18-27(5)38(34)32-20-13-17-26(4)29(32)7)30-23-24-37-35(25-30)33-19-11-12-22-36(33)45(37)31(10-3)16-9-2;2*1-2/h8-25H,2-3,6H2,1,4-5,7H3;1-2H3;1-2H2/b15-8-,31-16+;;. The van der Waals surface area contributed by atoms with E-state index in [0.717, 1.165) is 55.3 Å². The molecule has 0 amide bonds. The Morgan fingerprint density at radius 3 is 2.06 bits per heavy atom. The van der Waals surface area contributed by atoms with Gasteiger partial charge in [0, 0.05) is 33.2 Å². The van der Waals surface area contributed by atoms with Crippen LogP contribution in [0.25, 0.3) is 67.0 Å². The summed E-state index contributed by atoms with van der Waals surface area (Å²) in [6.45, 7) is 30.7. The molecular formula is C45H46N4. The summed E-state index contributed by atoms with van der Waals surface area (Å²) >= 11 is 0. The van der Waals surface area contributed by atoms with Crippen molar-refractivity contribution in [3.05, 3.63) is 165 Å². The fourth-order valence-corrected chi connectivity index (χ4v) is 6.02. The van der Waals surface area contributed by atoms with Crippen LogP contribution in [0.2, 0.25) is 0 Å². The van der Waals surface area contributed by atoms with Crippen LogP contribution in [0.3, 0.4) is 0 Å². The molecule has 0 N–H and O–H groups in total. The molecule has 0 aliphatic heterocycles. The number of allylic oxidation sites excluding steroid dienone is 7. The Kier molecular flexibility index (Phi) is 12.0. The number of nitrogens with zero attached hydrogens (tertiary/aromatic N) is 4. The average Bonchev–Trinajstić information content (AvgIpc) is 3.47. The smallest absolute Gasteiger partial charge is 0.164 e. The van der Waals surface area contributed by atoms with Crippen LogP contribution >= 0.6 is 0 Å². The van der Waals surface area contributed by atoms with Gasteiger partial charge >= 0.3 is 0 Å². The molecule has 0 fully saturated rings. The third-order valence-electron chi connectivity index (χ3n) is 8.36. The largest absolute Gasteiger partial charge is 0.309 e. The number of hydrogen-bond acceptors (Lipinski definition) is 3. The maximum absolute atomic E-state index is 5.14. The van der Waals surface area contributed by atoms with Crippen LogP contribution in [-0.2, 0) is 0 Å². The van der Waals surface area contributed by atoms with Crippen molar-refractivity contribution in [3.63, 3.8) is 0 Å². The van der Waals surface area contributed by atoms with Gasteiger partial charge in [-0.2, -0.15) is 0 Å². The van der Waals surface area contributed by atoms with Crippen molar-refractivity contribution in [2.75, 3.05) is 0 Å². The summed E-state index contributed by atoms with van der Waals surface area (Å²) in [5.74, 6) is 1.76. The number of fused-ring (bicyclic) bond motifs is 3. The minimum absolute atomic E-state index is 0.548. The molecule has 4 aromatic carbocycles. The highest BCUT2D eigenvalue weighted by Gasteiger charge is 2.19. The van der Waals surface area contributed by atoms with Crippen LogP contribution < -0.4 is 0 Å². The van der Waals surface area contributed by atoms with Gasteiger partial charge in [0.05, 0.1) is 11.0 Å². The zero-order chi connectivity index (χ0) is 35.7. The second-order valence-electron chi connectivity index (χ2n) is 11.2. The normalized spacial score (nSPS) is 11.1. The van der Waals surface area contributed by atoms with E-state index >= 15 is 0 Å². The van der Waals surface area contributed by atoms with Crippen molar-refractivity contribution in [1.29, 1.82) is 0 Å². The lowest BCUT2D eigenvalue weighted by Crippen LogP contribution is -2.03. The van der Waals surface area contributed by atoms with Crippen molar-refractivity contribution < 1.29 is 0 Å². The van der Waals surface area contributed by atoms with E-state index in [4.69, 9.17) is 15.0 Å². The molecule has 0 saturated heterocycles. The number of aromatic nitrogens is 4. The Morgan fingerprint density at radius 2 is 1.37 bits per heavy atom. The van der Waals surface area contributed by atoms with E-state index in [0.29, 0.717) is 17.5 Å². The SMILES string of the molecule is C=C.C=C/C=C(\C=C)n1c2ccccc2c2cc(-c3nc(C(=C)/C=C\C)nc(-c4cccc(C)c4-c4cccc(C)c4C)n3)ccc21.CC. The fraction of sp³-hybridized carbons (Fsp3) is 0.133. The Bertz CT molecular complexity index is 2230. The maximum atomic E-state index is 5.14. The molecule has 0 bridgehead atoms. The predicted molar refractivity (Wildman–Crippen MR) is 214 cm³/mol. The van der Waals surface area contributed by atoms with Gasteiger partial charge < -0.3 is 4.57 Å². The zero-order valence-corrected chi connectivity index (χ0v) is 29.7. The van der Waals surface area contributed by atoms with Gasteiger partial charge in [0.25, 0.3) is 0 Å². The van der Waals surface area contributed by atoms with E-state index in [2.05, 4.69) is 137 Å². The number of benzene rings is 4. The van der Waals surface area contributed by atoms with Crippen molar-refractivity contribution in [2.45, 2.75) is 41.5 Å². The summed E-state index contributed by atoms with van der Waals surface area (Å²) in [6.07, 6.45) is 9.50. The molecule has 4 nitrogen and oxygen atoms in total. The predicted octanol–water partition coefficient (Wildman–Crippen LogP) is 12.5. The van der Waals surface area contributed by atoms with E-state index in [1.165, 1.54) is 16.7 Å². The summed E-state index contributed by atoms with van der Waals surface area (Å²) in [5, 5.41) is 2.23. The summed E-state index contributed by atoms with van der Waals surface area (Å²) in [7, 11) is 0. The van der Waals surface area contributed by atoms with Gasteiger partial charge in [-0.3, -0.25) is 0 Å². The minimum Gasteiger partial charge on any atom is -0.309 e. The van der Waals surface area contributed by atoms with E-state index in [1.807, 2.05) is 45.1 Å². The van der Waals surface area contributed by atoms with Crippen LogP contribution in [0.15, 0.2) is 142 Å². The summed E-state index contributed by atoms with van der Waals surface area (Å²) < 4.78 is 2.21. The van der Waals surface area contributed by atoms with Gasteiger partial charge in [-0.25, -0.2) is 15.0 Å². The van der Waals surface area contributed by atoms with Crippen LogP contribution in [-0.4, -0.2) is 19.5 Å². The van der Waals surface area contributed by atoms with Crippen LogP contribution in [0, 0.1) is 20.8 Å². The van der Waals surface area contributed by atoms with E-state index in [1.54, 1.807) is 6.08 Å². The first-order valence-corrected chi connectivity index (χ1v) is 16.6. The molecule has 0 aliphatic carbocycles. The highest BCUT2D eigenvalue weighted by molar-refractivity contribution is 6.11. The molecule has 0 aliphatic rings. The third-order valence-corrected chi connectivity index (χ3v) is 8.36. The molecule has 0 spiro atoms. The Labute approximate surface area is 291 Å². The van der Waals surface area contributed by atoms with E-state index in [-0.39, 0.29) is 0 Å². The summed E-state index contributed by atoms with van der Waals surface area (Å²) in [4.78, 5) is 15.1. The number of rotatable bonds is 8.